The van der Waals surface area contributed by atoms with Gasteiger partial charge in [0.1, 0.15) is 0 Å². The first kappa shape index (κ1) is 25.4. The maximum atomic E-state index is 6.81. The molecular weight excluding hydrogens is 519 g/mol. The minimum atomic E-state index is -0.561. The summed E-state index contributed by atoms with van der Waals surface area (Å²) in [7, 11) is -0.561. The van der Waals surface area contributed by atoms with Crippen molar-refractivity contribution >= 4 is 12.6 Å². The molecule has 1 saturated heterocycles. The molecule has 5 aromatic carbocycles. The highest BCUT2D eigenvalue weighted by atomic mass is 16.7. The fourth-order valence-electron chi connectivity index (χ4n) is 6.76. The maximum Gasteiger partial charge on any atom is 0.498 e. The smallest absolute Gasteiger partial charge is 0.450 e. The van der Waals surface area contributed by atoms with Gasteiger partial charge in [0, 0.05) is 11.0 Å². The third-order valence-corrected chi connectivity index (χ3v) is 9.48. The summed E-state index contributed by atoms with van der Waals surface area (Å²) in [5.41, 5.74) is 6.42. The van der Waals surface area contributed by atoms with E-state index in [0.717, 1.165) is 22.3 Å². The zero-order valence-corrected chi connectivity index (χ0v) is 24.2. The van der Waals surface area contributed by atoms with Gasteiger partial charge >= 0.3 is 7.12 Å². The Morgan fingerprint density at radius 3 is 1.74 bits per heavy atom. The van der Waals surface area contributed by atoms with Crippen LogP contribution in [-0.2, 0) is 14.7 Å². The van der Waals surface area contributed by atoms with Crippen LogP contribution in [0.2, 0.25) is 0 Å². The lowest BCUT2D eigenvalue weighted by Gasteiger charge is -2.34. The van der Waals surface area contributed by atoms with Crippen molar-refractivity contribution in [2.45, 2.75) is 44.3 Å². The SMILES string of the molecule is CC1(C)OB(c2cccc3c2Oc2ccc4c(c2O3)-c2ccccc2C4(c2ccccc2)c2ccccc2)OC1(C)C. The van der Waals surface area contributed by atoms with Crippen LogP contribution >= 0.6 is 0 Å². The second-order valence-corrected chi connectivity index (χ2v) is 12.3. The van der Waals surface area contributed by atoms with E-state index < -0.39 is 23.7 Å². The van der Waals surface area contributed by atoms with Gasteiger partial charge in [0.2, 0.25) is 0 Å². The molecule has 3 aliphatic rings. The molecule has 5 heteroatoms. The number of hydrogen-bond acceptors (Lipinski definition) is 4. The van der Waals surface area contributed by atoms with E-state index >= 15 is 0 Å². The molecule has 0 radical (unpaired) electrons. The molecule has 0 saturated carbocycles. The van der Waals surface area contributed by atoms with Crippen LogP contribution in [0.1, 0.15) is 49.9 Å². The van der Waals surface area contributed by atoms with Gasteiger partial charge in [-0.05, 0) is 67.6 Å². The molecule has 206 valence electrons. The first-order valence-corrected chi connectivity index (χ1v) is 14.5. The Labute approximate surface area is 247 Å². The van der Waals surface area contributed by atoms with Gasteiger partial charge in [-0.1, -0.05) is 103 Å². The molecule has 0 aromatic heterocycles. The highest BCUT2D eigenvalue weighted by Crippen LogP contribution is 2.62. The van der Waals surface area contributed by atoms with Crippen molar-refractivity contribution in [1.29, 1.82) is 0 Å². The van der Waals surface area contributed by atoms with E-state index in [1.165, 1.54) is 22.3 Å². The van der Waals surface area contributed by atoms with Gasteiger partial charge < -0.3 is 18.8 Å². The average Bonchev–Trinajstić information content (AvgIpc) is 3.43. The van der Waals surface area contributed by atoms with Crippen LogP contribution in [0.3, 0.4) is 0 Å². The van der Waals surface area contributed by atoms with Crippen LogP contribution < -0.4 is 14.9 Å². The minimum absolute atomic E-state index is 0.462. The molecule has 0 spiro atoms. The second-order valence-electron chi connectivity index (χ2n) is 12.3. The largest absolute Gasteiger partial charge is 0.498 e. The van der Waals surface area contributed by atoms with Gasteiger partial charge in [-0.25, -0.2) is 0 Å². The molecule has 2 heterocycles. The molecule has 0 unspecified atom stereocenters. The number of benzene rings is 5. The summed E-state index contributed by atoms with van der Waals surface area (Å²) in [6, 6.07) is 40.4. The number of hydrogen-bond donors (Lipinski definition) is 0. The van der Waals surface area contributed by atoms with E-state index in [2.05, 4.69) is 119 Å². The zero-order valence-electron chi connectivity index (χ0n) is 24.2. The quantitative estimate of drug-likeness (QED) is 0.208. The Balaban J connectivity index is 1.32. The topological polar surface area (TPSA) is 36.9 Å². The molecule has 0 atom stereocenters. The fourth-order valence-corrected chi connectivity index (χ4v) is 6.76. The van der Waals surface area contributed by atoms with Crippen LogP contribution in [-0.4, -0.2) is 18.3 Å². The summed E-state index contributed by atoms with van der Waals surface area (Å²) in [4.78, 5) is 0. The van der Waals surface area contributed by atoms with Gasteiger partial charge in [0.05, 0.1) is 16.6 Å². The number of fused-ring (bicyclic) bond motifs is 6. The molecule has 8 rings (SSSR count). The highest BCUT2D eigenvalue weighted by molar-refractivity contribution is 6.63. The van der Waals surface area contributed by atoms with Crippen LogP contribution in [0, 0.1) is 0 Å². The summed E-state index contributed by atoms with van der Waals surface area (Å²) in [5.74, 6) is 2.69. The molecule has 4 nitrogen and oxygen atoms in total. The molecule has 2 aliphatic heterocycles. The average molecular weight is 550 g/mol. The van der Waals surface area contributed by atoms with Crippen LogP contribution in [0.5, 0.6) is 23.0 Å². The van der Waals surface area contributed by atoms with E-state index in [9.17, 15) is 0 Å². The van der Waals surface area contributed by atoms with E-state index in [-0.39, 0.29) is 0 Å². The molecule has 1 aliphatic carbocycles. The van der Waals surface area contributed by atoms with E-state index in [0.29, 0.717) is 17.2 Å². The van der Waals surface area contributed by atoms with Crippen LogP contribution in [0.15, 0.2) is 115 Å². The van der Waals surface area contributed by atoms with E-state index in [4.69, 9.17) is 18.8 Å². The van der Waals surface area contributed by atoms with Gasteiger partial charge in [-0.2, -0.15) is 0 Å². The molecule has 1 fully saturated rings. The Kier molecular flexibility index (Phi) is 5.35. The Morgan fingerprint density at radius 1 is 0.500 bits per heavy atom. The highest BCUT2D eigenvalue weighted by Gasteiger charge is 2.53. The molecule has 42 heavy (non-hydrogen) atoms. The van der Waals surface area contributed by atoms with Crippen molar-refractivity contribution in [1.82, 2.24) is 0 Å². The summed E-state index contributed by atoms with van der Waals surface area (Å²) in [5, 5.41) is 0. The maximum absolute atomic E-state index is 6.81. The first-order valence-electron chi connectivity index (χ1n) is 14.5. The summed E-state index contributed by atoms with van der Waals surface area (Å²) in [6.45, 7) is 8.23. The predicted molar refractivity (Wildman–Crippen MR) is 166 cm³/mol. The standard InChI is InChI=1S/C37H31BO4/c1-35(2)36(3,4)42-38(41-35)29-20-13-21-30-33(29)39-31-23-22-28-32(34(31)40-30)26-18-11-12-19-27(26)37(28,24-14-7-5-8-15-24)25-16-9-6-10-17-25/h5-23H,1-4H3. The number of para-hydroxylation sites is 1. The molecule has 0 bridgehead atoms. The lowest BCUT2D eigenvalue weighted by Crippen LogP contribution is -2.41. The van der Waals surface area contributed by atoms with Crippen molar-refractivity contribution in [2.24, 2.45) is 0 Å². The van der Waals surface area contributed by atoms with E-state index in [1.54, 1.807) is 0 Å². The van der Waals surface area contributed by atoms with Gasteiger partial charge in [0.15, 0.2) is 23.0 Å². The van der Waals surface area contributed by atoms with Crippen molar-refractivity contribution in [2.75, 3.05) is 0 Å². The van der Waals surface area contributed by atoms with E-state index in [1.807, 2.05) is 24.3 Å². The fraction of sp³-hybridized carbons (Fsp3) is 0.189. The summed E-state index contributed by atoms with van der Waals surface area (Å²) >= 11 is 0. The monoisotopic (exact) mass is 550 g/mol. The molecule has 5 aromatic rings. The number of rotatable bonds is 3. The Morgan fingerprint density at radius 2 is 1.07 bits per heavy atom. The minimum Gasteiger partial charge on any atom is -0.450 e. The molecular formula is C37H31BO4. The Bertz CT molecular complexity index is 1790. The Hall–Kier alpha value is -4.32. The van der Waals surface area contributed by atoms with Crippen molar-refractivity contribution < 1.29 is 18.8 Å². The lowest BCUT2D eigenvalue weighted by molar-refractivity contribution is 0.00578. The van der Waals surface area contributed by atoms with Crippen molar-refractivity contribution in [3.05, 3.63) is 138 Å². The van der Waals surface area contributed by atoms with Crippen molar-refractivity contribution in [3.63, 3.8) is 0 Å². The predicted octanol–water partition coefficient (Wildman–Crippen LogP) is 8.25. The summed E-state index contributed by atoms with van der Waals surface area (Å²) in [6.07, 6.45) is 0. The van der Waals surface area contributed by atoms with Gasteiger partial charge in [-0.15, -0.1) is 0 Å². The van der Waals surface area contributed by atoms with Crippen LogP contribution in [0.4, 0.5) is 0 Å². The normalized spacial score (nSPS) is 18.2. The molecule has 0 amide bonds. The third-order valence-electron chi connectivity index (χ3n) is 9.48. The molecule has 0 N–H and O–H groups in total. The van der Waals surface area contributed by atoms with Crippen molar-refractivity contribution in [3.8, 4) is 34.1 Å². The van der Waals surface area contributed by atoms with Crippen LogP contribution in [0.25, 0.3) is 11.1 Å². The number of ether oxygens (including phenoxy) is 2. The van der Waals surface area contributed by atoms with Gasteiger partial charge in [0.25, 0.3) is 0 Å². The van der Waals surface area contributed by atoms with Gasteiger partial charge in [-0.3, -0.25) is 0 Å². The lowest BCUT2D eigenvalue weighted by atomic mass is 9.68. The zero-order chi connectivity index (χ0) is 28.7. The summed E-state index contributed by atoms with van der Waals surface area (Å²) < 4.78 is 26.3. The first-order chi connectivity index (χ1) is 20.3. The third kappa shape index (κ3) is 3.38. The second kappa shape index (κ2) is 8.84.